The molecular weight excluding hydrogens is 134 g/mol. The van der Waals surface area contributed by atoms with Crippen LogP contribution in [0.25, 0.3) is 0 Å². The first-order chi connectivity index (χ1) is 5.23. The van der Waals surface area contributed by atoms with Gasteiger partial charge in [0.25, 0.3) is 0 Å². The van der Waals surface area contributed by atoms with E-state index in [1.54, 1.807) is 0 Å². The maximum atomic E-state index is 2.30. The Morgan fingerprint density at radius 3 is 1.91 bits per heavy atom. The van der Waals surface area contributed by atoms with Crippen molar-refractivity contribution in [2.24, 2.45) is 0 Å². The molecule has 1 heterocycles. The van der Waals surface area contributed by atoms with Gasteiger partial charge in [-0.15, -0.1) is 0 Å². The van der Waals surface area contributed by atoms with Crippen molar-refractivity contribution in [1.29, 1.82) is 0 Å². The number of rotatable bonds is 3. The van der Waals surface area contributed by atoms with E-state index >= 15 is 0 Å². The van der Waals surface area contributed by atoms with Gasteiger partial charge in [-0.1, -0.05) is 13.8 Å². The minimum atomic E-state index is 0.323. The Morgan fingerprint density at radius 2 is 1.55 bits per heavy atom. The van der Waals surface area contributed by atoms with Gasteiger partial charge in [-0.2, -0.15) is 0 Å². The molecule has 11 heavy (non-hydrogen) atoms. The summed E-state index contributed by atoms with van der Waals surface area (Å²) >= 11 is 0. The van der Waals surface area contributed by atoms with E-state index in [0.717, 1.165) is 0 Å². The van der Waals surface area contributed by atoms with E-state index in [-0.39, 0.29) is 0 Å². The Kier molecular flexibility index (Phi) is 2.38. The first kappa shape index (κ1) is 8.38. The van der Waals surface area contributed by atoms with Gasteiger partial charge >= 0.3 is 0 Å². The fourth-order valence-electron chi connectivity index (χ4n) is 1.31. The number of nitrogens with zero attached hydrogens (tertiary/aromatic N) is 1. The van der Waals surface area contributed by atoms with E-state index in [1.807, 2.05) is 0 Å². The zero-order valence-electron chi connectivity index (χ0n) is 7.67. The first-order valence-electron chi connectivity index (χ1n) is 4.36. The van der Waals surface area contributed by atoms with Crippen LogP contribution in [0.3, 0.4) is 0 Å². The van der Waals surface area contributed by atoms with Crippen molar-refractivity contribution in [2.75, 3.05) is 0 Å². The van der Waals surface area contributed by atoms with Crippen molar-refractivity contribution < 1.29 is 0 Å². The smallest absolute Gasteiger partial charge is 0.0406 e. The molecule has 62 valence electrons. The molecule has 0 radical (unpaired) electrons. The van der Waals surface area contributed by atoms with Crippen LogP contribution in [0.5, 0.6) is 0 Å². The van der Waals surface area contributed by atoms with Gasteiger partial charge in [0.05, 0.1) is 0 Å². The Balaban J connectivity index is 2.87. The van der Waals surface area contributed by atoms with E-state index < -0.39 is 0 Å². The summed E-state index contributed by atoms with van der Waals surface area (Å²) in [6.45, 7) is 6.78. The Labute approximate surface area is 69.0 Å². The summed E-state index contributed by atoms with van der Waals surface area (Å²) in [5.41, 5.74) is 0.323. The minimum absolute atomic E-state index is 0.323. The lowest BCUT2D eigenvalue weighted by molar-refractivity contribution is 0.295. The monoisotopic (exact) mass is 151 g/mol. The molecule has 0 atom stereocenters. The van der Waals surface area contributed by atoms with Crippen molar-refractivity contribution in [3.63, 3.8) is 0 Å². The lowest BCUT2D eigenvalue weighted by Gasteiger charge is -2.28. The topological polar surface area (TPSA) is 4.93 Å². The highest BCUT2D eigenvalue weighted by Crippen LogP contribution is 2.23. The molecule has 1 aromatic heterocycles. The van der Waals surface area contributed by atoms with Crippen molar-refractivity contribution in [1.82, 2.24) is 4.57 Å². The molecule has 0 aliphatic heterocycles. The zero-order valence-corrected chi connectivity index (χ0v) is 7.67. The SMILES string of the molecule is CCC(C)(CC)n1cccc1. The van der Waals surface area contributed by atoms with Crippen LogP contribution in [-0.4, -0.2) is 4.57 Å². The van der Waals surface area contributed by atoms with Gasteiger partial charge in [-0.3, -0.25) is 0 Å². The van der Waals surface area contributed by atoms with E-state index in [4.69, 9.17) is 0 Å². The standard InChI is InChI=1S/C10H17N/c1-4-10(3,5-2)11-8-6-7-9-11/h6-9H,4-5H2,1-3H3. The van der Waals surface area contributed by atoms with Crippen molar-refractivity contribution >= 4 is 0 Å². The molecule has 0 bridgehead atoms. The normalized spacial score (nSPS) is 11.9. The Bertz CT molecular complexity index is 195. The summed E-state index contributed by atoms with van der Waals surface area (Å²) in [4.78, 5) is 0. The molecule has 0 aromatic carbocycles. The summed E-state index contributed by atoms with van der Waals surface area (Å²) in [6.07, 6.45) is 6.68. The number of aromatic nitrogens is 1. The van der Waals surface area contributed by atoms with Crippen LogP contribution in [0.1, 0.15) is 33.6 Å². The molecule has 0 spiro atoms. The second-order valence-electron chi connectivity index (χ2n) is 3.29. The third-order valence-electron chi connectivity index (χ3n) is 2.75. The van der Waals surface area contributed by atoms with Gasteiger partial charge in [0.1, 0.15) is 0 Å². The maximum absolute atomic E-state index is 2.30. The van der Waals surface area contributed by atoms with Gasteiger partial charge in [0, 0.05) is 17.9 Å². The number of hydrogen-bond acceptors (Lipinski definition) is 0. The van der Waals surface area contributed by atoms with E-state index in [2.05, 4.69) is 49.9 Å². The Morgan fingerprint density at radius 1 is 1.09 bits per heavy atom. The van der Waals surface area contributed by atoms with Crippen LogP contribution in [0.2, 0.25) is 0 Å². The molecule has 0 fully saturated rings. The van der Waals surface area contributed by atoms with Crippen LogP contribution in [0.15, 0.2) is 24.5 Å². The fourth-order valence-corrected chi connectivity index (χ4v) is 1.31. The van der Waals surface area contributed by atoms with Crippen molar-refractivity contribution in [2.45, 2.75) is 39.2 Å². The molecule has 0 aliphatic rings. The van der Waals surface area contributed by atoms with Crippen LogP contribution in [-0.2, 0) is 5.54 Å². The quantitative estimate of drug-likeness (QED) is 0.625. The molecular formula is C10H17N. The summed E-state index contributed by atoms with van der Waals surface area (Å²) in [7, 11) is 0. The molecule has 1 heteroatoms. The molecule has 0 aliphatic carbocycles. The van der Waals surface area contributed by atoms with Crippen LogP contribution in [0, 0.1) is 0 Å². The minimum Gasteiger partial charge on any atom is -0.349 e. The highest BCUT2D eigenvalue weighted by Gasteiger charge is 2.19. The predicted molar refractivity (Wildman–Crippen MR) is 48.7 cm³/mol. The second-order valence-corrected chi connectivity index (χ2v) is 3.29. The lowest BCUT2D eigenvalue weighted by atomic mass is 9.95. The highest BCUT2D eigenvalue weighted by molar-refractivity contribution is 4.96. The van der Waals surface area contributed by atoms with Crippen LogP contribution >= 0.6 is 0 Å². The second kappa shape index (κ2) is 3.12. The maximum Gasteiger partial charge on any atom is 0.0406 e. The summed E-state index contributed by atoms with van der Waals surface area (Å²) in [6, 6.07) is 4.17. The van der Waals surface area contributed by atoms with Crippen molar-refractivity contribution in [3.05, 3.63) is 24.5 Å². The fraction of sp³-hybridized carbons (Fsp3) is 0.600. The molecule has 1 aromatic rings. The molecule has 0 amide bonds. The molecule has 0 N–H and O–H groups in total. The van der Waals surface area contributed by atoms with Crippen LogP contribution in [0.4, 0.5) is 0 Å². The largest absolute Gasteiger partial charge is 0.349 e. The highest BCUT2D eigenvalue weighted by atomic mass is 15.0. The first-order valence-corrected chi connectivity index (χ1v) is 4.36. The molecule has 0 saturated heterocycles. The van der Waals surface area contributed by atoms with E-state index in [0.29, 0.717) is 5.54 Å². The third-order valence-corrected chi connectivity index (χ3v) is 2.75. The molecule has 0 unspecified atom stereocenters. The third kappa shape index (κ3) is 1.47. The van der Waals surface area contributed by atoms with E-state index in [1.165, 1.54) is 12.8 Å². The predicted octanol–water partition coefficient (Wildman–Crippen LogP) is 3.02. The average molecular weight is 151 g/mol. The van der Waals surface area contributed by atoms with Gasteiger partial charge < -0.3 is 4.57 Å². The molecule has 1 rings (SSSR count). The Hall–Kier alpha value is -0.720. The van der Waals surface area contributed by atoms with Gasteiger partial charge in [-0.25, -0.2) is 0 Å². The van der Waals surface area contributed by atoms with E-state index in [9.17, 15) is 0 Å². The van der Waals surface area contributed by atoms with Gasteiger partial charge in [0.2, 0.25) is 0 Å². The summed E-state index contributed by atoms with van der Waals surface area (Å²) in [5, 5.41) is 0. The molecule has 0 saturated carbocycles. The van der Waals surface area contributed by atoms with Gasteiger partial charge in [-0.05, 0) is 31.9 Å². The number of hydrogen-bond donors (Lipinski definition) is 0. The van der Waals surface area contributed by atoms with Crippen molar-refractivity contribution in [3.8, 4) is 0 Å². The zero-order chi connectivity index (χ0) is 8.32. The summed E-state index contributed by atoms with van der Waals surface area (Å²) < 4.78 is 2.30. The average Bonchev–Trinajstić information content (AvgIpc) is 2.55. The lowest BCUT2D eigenvalue weighted by Crippen LogP contribution is -2.26. The van der Waals surface area contributed by atoms with Gasteiger partial charge in [0.15, 0.2) is 0 Å². The summed E-state index contributed by atoms with van der Waals surface area (Å²) in [5.74, 6) is 0. The molecule has 1 nitrogen and oxygen atoms in total. The van der Waals surface area contributed by atoms with Crippen LogP contribution < -0.4 is 0 Å².